The molecule has 10 nitrogen and oxygen atoms in total. The second kappa shape index (κ2) is 8.49. The van der Waals surface area contributed by atoms with Crippen molar-refractivity contribution in [1.82, 2.24) is 29.7 Å². The Morgan fingerprint density at radius 1 is 1.18 bits per heavy atom. The van der Waals surface area contributed by atoms with E-state index in [4.69, 9.17) is 4.74 Å². The van der Waals surface area contributed by atoms with Gasteiger partial charge in [-0.15, -0.1) is 0 Å². The van der Waals surface area contributed by atoms with Crippen molar-refractivity contribution < 1.29 is 13.9 Å². The zero-order valence-electron chi connectivity index (χ0n) is 19.3. The lowest BCUT2D eigenvalue weighted by Crippen LogP contribution is -2.54. The number of rotatable bonds is 4. The summed E-state index contributed by atoms with van der Waals surface area (Å²) in [7, 11) is 1.47. The Bertz CT molecular complexity index is 1400. The summed E-state index contributed by atoms with van der Waals surface area (Å²) in [6.07, 6.45) is 6.41. The lowest BCUT2D eigenvalue weighted by molar-refractivity contribution is 0.102. The Morgan fingerprint density at radius 2 is 1.94 bits per heavy atom. The average Bonchev–Trinajstić information content (AvgIpc) is 3.18. The van der Waals surface area contributed by atoms with Gasteiger partial charge in [-0.1, -0.05) is 0 Å². The molecule has 1 aliphatic heterocycles. The summed E-state index contributed by atoms with van der Waals surface area (Å²) in [5.74, 6) is -0.298. The summed E-state index contributed by atoms with van der Waals surface area (Å²) in [6, 6.07) is 1.93. The number of carbonyl (C=O) groups is 1. The molecule has 1 amide bonds. The maximum atomic E-state index is 14.5. The fraction of sp³-hybridized carbons (Fsp3) is 0.348. The minimum Gasteiger partial charge on any atom is -0.467 e. The van der Waals surface area contributed by atoms with Gasteiger partial charge in [0.1, 0.15) is 5.82 Å². The predicted octanol–water partition coefficient (Wildman–Crippen LogP) is 2.57. The Kier molecular flexibility index (Phi) is 5.48. The molecule has 1 fully saturated rings. The quantitative estimate of drug-likeness (QED) is 0.474. The van der Waals surface area contributed by atoms with Gasteiger partial charge in [0.2, 0.25) is 0 Å². The third-order valence-electron chi connectivity index (χ3n) is 5.75. The molecule has 34 heavy (non-hydrogen) atoms. The number of hydrogen-bond donors (Lipinski definition) is 2. The Labute approximate surface area is 195 Å². The van der Waals surface area contributed by atoms with E-state index in [-0.39, 0.29) is 35.0 Å². The van der Waals surface area contributed by atoms with Crippen molar-refractivity contribution in [2.75, 3.05) is 30.4 Å². The highest BCUT2D eigenvalue weighted by Crippen LogP contribution is 2.29. The molecule has 0 aromatic carbocycles. The van der Waals surface area contributed by atoms with E-state index in [1.54, 1.807) is 25.5 Å². The molecule has 5 rings (SSSR count). The standard InChI is InChI=1S/C23H25FN8O2/c1-12-8-31(9-13(2)27-12)20-16-6-26-23(34-4)30-19(16)17(7-25-20)22(33)29-15-5-18(24)21-28-14(3)10-32(21)11-15/h5-7,10-13,27H,8-9H2,1-4H3,(H,29,33)/t12-,13-/m0/s1. The number of hydrogen-bond acceptors (Lipinski definition) is 8. The topological polar surface area (TPSA) is 110 Å². The number of carbonyl (C=O) groups excluding carboxylic acids is 1. The molecule has 2 N–H and O–H groups in total. The van der Waals surface area contributed by atoms with Crippen LogP contribution in [0.1, 0.15) is 29.9 Å². The van der Waals surface area contributed by atoms with E-state index in [0.29, 0.717) is 22.4 Å². The second-order valence-electron chi connectivity index (χ2n) is 8.63. The maximum Gasteiger partial charge on any atom is 0.316 e. The van der Waals surface area contributed by atoms with E-state index in [9.17, 15) is 9.18 Å². The molecule has 0 saturated carbocycles. The molecule has 0 bridgehead atoms. The molecule has 0 aliphatic carbocycles. The largest absolute Gasteiger partial charge is 0.467 e. The summed E-state index contributed by atoms with van der Waals surface area (Å²) in [4.78, 5) is 32.9. The van der Waals surface area contributed by atoms with Crippen molar-refractivity contribution in [2.24, 2.45) is 0 Å². The van der Waals surface area contributed by atoms with E-state index in [1.165, 1.54) is 23.8 Å². The predicted molar refractivity (Wildman–Crippen MR) is 126 cm³/mol. The van der Waals surface area contributed by atoms with Crippen LogP contribution in [0.15, 0.2) is 30.9 Å². The lowest BCUT2D eigenvalue weighted by Gasteiger charge is -2.37. The third-order valence-corrected chi connectivity index (χ3v) is 5.75. The fourth-order valence-corrected chi connectivity index (χ4v) is 4.45. The minimum absolute atomic E-state index is 0.141. The summed E-state index contributed by atoms with van der Waals surface area (Å²) >= 11 is 0. The van der Waals surface area contributed by atoms with Crippen molar-refractivity contribution in [2.45, 2.75) is 32.9 Å². The van der Waals surface area contributed by atoms with Crippen LogP contribution < -0.4 is 20.3 Å². The molecule has 0 unspecified atom stereocenters. The van der Waals surface area contributed by atoms with Crippen molar-refractivity contribution in [3.8, 4) is 6.01 Å². The summed E-state index contributed by atoms with van der Waals surface area (Å²) < 4.78 is 21.2. The number of methoxy groups -OCH3 is 1. The molecule has 176 valence electrons. The number of pyridine rings is 2. The first kappa shape index (κ1) is 22.0. The number of nitrogens with zero attached hydrogens (tertiary/aromatic N) is 6. The van der Waals surface area contributed by atoms with Gasteiger partial charge in [-0.05, 0) is 20.8 Å². The van der Waals surface area contributed by atoms with Crippen LogP contribution in [0, 0.1) is 12.7 Å². The van der Waals surface area contributed by atoms with Gasteiger partial charge in [0.25, 0.3) is 5.91 Å². The van der Waals surface area contributed by atoms with Crippen molar-refractivity contribution >= 4 is 34.0 Å². The smallest absolute Gasteiger partial charge is 0.316 e. The molecule has 2 atom stereocenters. The summed E-state index contributed by atoms with van der Waals surface area (Å²) in [6.45, 7) is 7.52. The molecule has 4 aromatic heterocycles. The molecule has 4 aromatic rings. The summed E-state index contributed by atoms with van der Waals surface area (Å²) in [5.41, 5.74) is 1.80. The first-order valence-electron chi connectivity index (χ1n) is 11.0. The number of piperazine rings is 1. The van der Waals surface area contributed by atoms with Gasteiger partial charge in [-0.25, -0.2) is 19.3 Å². The molecule has 1 aliphatic rings. The first-order valence-corrected chi connectivity index (χ1v) is 11.0. The highest BCUT2D eigenvalue weighted by Gasteiger charge is 2.26. The number of aryl methyl sites for hydroxylation is 1. The molecule has 1 saturated heterocycles. The Balaban J connectivity index is 1.54. The molecular weight excluding hydrogens is 439 g/mol. The normalized spacial score (nSPS) is 18.4. The highest BCUT2D eigenvalue weighted by atomic mass is 19.1. The van der Waals surface area contributed by atoms with Crippen LogP contribution >= 0.6 is 0 Å². The van der Waals surface area contributed by atoms with E-state index < -0.39 is 11.7 Å². The van der Waals surface area contributed by atoms with Gasteiger partial charge >= 0.3 is 6.01 Å². The average molecular weight is 465 g/mol. The Morgan fingerprint density at radius 3 is 2.68 bits per heavy atom. The van der Waals surface area contributed by atoms with Gasteiger partial charge in [0.05, 0.1) is 35.0 Å². The van der Waals surface area contributed by atoms with Crippen LogP contribution in [0.2, 0.25) is 0 Å². The van der Waals surface area contributed by atoms with E-state index in [0.717, 1.165) is 13.1 Å². The van der Waals surface area contributed by atoms with E-state index >= 15 is 0 Å². The number of imidazole rings is 1. The maximum absolute atomic E-state index is 14.5. The van der Waals surface area contributed by atoms with Crippen LogP contribution in [0.5, 0.6) is 6.01 Å². The van der Waals surface area contributed by atoms with Crippen LogP contribution in [-0.2, 0) is 0 Å². The van der Waals surface area contributed by atoms with Crippen LogP contribution in [-0.4, -0.2) is 62.5 Å². The minimum atomic E-state index is -0.532. The number of halogens is 1. The van der Waals surface area contributed by atoms with Crippen molar-refractivity contribution in [3.05, 3.63) is 47.9 Å². The third kappa shape index (κ3) is 3.98. The monoisotopic (exact) mass is 464 g/mol. The summed E-state index contributed by atoms with van der Waals surface area (Å²) in [5, 5.41) is 6.89. The number of fused-ring (bicyclic) bond motifs is 2. The van der Waals surface area contributed by atoms with Gasteiger partial charge in [0.15, 0.2) is 11.5 Å². The SMILES string of the molecule is COc1ncc2c(N3C[C@H](C)N[C@@H](C)C3)ncc(C(=O)Nc3cc(F)c4nc(C)cn4c3)c2n1. The Hall–Kier alpha value is -3.86. The van der Waals surface area contributed by atoms with Crippen molar-refractivity contribution in [1.29, 1.82) is 0 Å². The zero-order valence-corrected chi connectivity index (χ0v) is 19.3. The zero-order chi connectivity index (χ0) is 24.0. The molecule has 5 heterocycles. The highest BCUT2D eigenvalue weighted by molar-refractivity contribution is 6.13. The number of anilines is 2. The molecule has 0 spiro atoms. The molecule has 11 heteroatoms. The lowest BCUT2D eigenvalue weighted by atomic mass is 10.1. The number of amides is 1. The van der Waals surface area contributed by atoms with Crippen molar-refractivity contribution in [3.63, 3.8) is 0 Å². The van der Waals surface area contributed by atoms with Crippen LogP contribution in [0.3, 0.4) is 0 Å². The molecule has 0 radical (unpaired) electrons. The molecular formula is C23H25FN8O2. The van der Waals surface area contributed by atoms with Gasteiger partial charge in [0, 0.05) is 56.0 Å². The van der Waals surface area contributed by atoms with Crippen LogP contribution in [0.25, 0.3) is 16.6 Å². The first-order chi connectivity index (χ1) is 16.3. The number of ether oxygens (including phenoxy) is 1. The fourth-order valence-electron chi connectivity index (χ4n) is 4.45. The van der Waals surface area contributed by atoms with E-state index in [2.05, 4.69) is 49.3 Å². The van der Waals surface area contributed by atoms with Gasteiger partial charge in [-0.2, -0.15) is 4.98 Å². The number of aromatic nitrogens is 5. The second-order valence-corrected chi connectivity index (χ2v) is 8.63. The number of nitrogens with one attached hydrogen (secondary N) is 2. The van der Waals surface area contributed by atoms with Gasteiger partial charge < -0.3 is 24.7 Å². The van der Waals surface area contributed by atoms with Gasteiger partial charge in [-0.3, -0.25) is 4.79 Å². The van der Waals surface area contributed by atoms with Crippen LogP contribution in [0.4, 0.5) is 15.9 Å². The van der Waals surface area contributed by atoms with E-state index in [1.807, 2.05) is 0 Å².